The highest BCUT2D eigenvalue weighted by Gasteiger charge is 2.34. The summed E-state index contributed by atoms with van der Waals surface area (Å²) < 4.78 is 10.2. The van der Waals surface area contributed by atoms with Crippen molar-refractivity contribution in [3.05, 3.63) is 29.8 Å². The van der Waals surface area contributed by atoms with E-state index in [1.54, 1.807) is 6.92 Å². The molecule has 1 unspecified atom stereocenters. The molecule has 0 aromatic heterocycles. The van der Waals surface area contributed by atoms with Crippen molar-refractivity contribution in [3.63, 3.8) is 0 Å². The number of anilines is 1. The van der Waals surface area contributed by atoms with Crippen LogP contribution in [0, 0.1) is 6.92 Å². The van der Waals surface area contributed by atoms with Crippen molar-refractivity contribution in [2.75, 3.05) is 25.6 Å². The Morgan fingerprint density at radius 1 is 1.33 bits per heavy atom. The van der Waals surface area contributed by atoms with Crippen LogP contribution in [-0.2, 0) is 14.3 Å². The van der Waals surface area contributed by atoms with Gasteiger partial charge in [0.25, 0.3) is 0 Å². The molecule has 1 aromatic rings. The Bertz CT molecular complexity index is 389. The third-order valence-electron chi connectivity index (χ3n) is 2.70. The number of ether oxygens (including phenoxy) is 2. The monoisotopic (exact) mass is 251 g/mol. The van der Waals surface area contributed by atoms with Gasteiger partial charge in [0.15, 0.2) is 5.54 Å². The fraction of sp³-hybridized carbons (Fsp3) is 0.500. The van der Waals surface area contributed by atoms with Gasteiger partial charge in [-0.15, -0.1) is 0 Å². The molecule has 0 radical (unpaired) electrons. The second-order valence-corrected chi connectivity index (χ2v) is 4.45. The van der Waals surface area contributed by atoms with E-state index in [0.29, 0.717) is 6.61 Å². The van der Waals surface area contributed by atoms with Crippen LogP contribution in [0.25, 0.3) is 0 Å². The topological polar surface area (TPSA) is 47.6 Å². The molecule has 0 saturated carbocycles. The van der Waals surface area contributed by atoms with Crippen LogP contribution in [-0.4, -0.2) is 31.8 Å². The molecule has 0 heterocycles. The molecule has 4 nitrogen and oxygen atoms in total. The maximum atomic E-state index is 11.8. The third-order valence-corrected chi connectivity index (χ3v) is 2.70. The van der Waals surface area contributed by atoms with Crippen molar-refractivity contribution in [1.29, 1.82) is 0 Å². The molecule has 1 atom stereocenters. The van der Waals surface area contributed by atoms with Crippen molar-refractivity contribution in [2.24, 2.45) is 0 Å². The molecule has 100 valence electrons. The van der Waals surface area contributed by atoms with Crippen molar-refractivity contribution >= 4 is 11.7 Å². The predicted octanol–water partition coefficient (Wildman–Crippen LogP) is 2.38. The normalized spacial score (nSPS) is 13.8. The number of hydrogen-bond donors (Lipinski definition) is 1. The molecule has 0 spiro atoms. The van der Waals surface area contributed by atoms with Gasteiger partial charge in [-0.1, -0.05) is 17.7 Å². The highest BCUT2D eigenvalue weighted by molar-refractivity contribution is 5.84. The van der Waals surface area contributed by atoms with Crippen molar-refractivity contribution in [1.82, 2.24) is 0 Å². The lowest BCUT2D eigenvalue weighted by atomic mass is 10.0. The molecule has 0 aliphatic carbocycles. The smallest absolute Gasteiger partial charge is 0.333 e. The summed E-state index contributed by atoms with van der Waals surface area (Å²) in [6.45, 7) is 6.51. The molecule has 0 amide bonds. The summed E-state index contributed by atoms with van der Waals surface area (Å²) in [4.78, 5) is 11.8. The minimum Gasteiger partial charge on any atom is -0.467 e. The molecule has 0 aliphatic rings. The first-order chi connectivity index (χ1) is 8.51. The third kappa shape index (κ3) is 3.74. The lowest BCUT2D eigenvalue weighted by Gasteiger charge is -2.28. The first-order valence-corrected chi connectivity index (χ1v) is 6.03. The van der Waals surface area contributed by atoms with Crippen LogP contribution < -0.4 is 5.32 Å². The summed E-state index contributed by atoms with van der Waals surface area (Å²) >= 11 is 0. The molecule has 18 heavy (non-hydrogen) atoms. The standard InChI is InChI=1S/C14H21NO3/c1-5-18-10-14(3,13(16)17-4)15-12-8-6-11(2)7-9-12/h6-9,15H,5,10H2,1-4H3. The lowest BCUT2D eigenvalue weighted by Crippen LogP contribution is -2.48. The lowest BCUT2D eigenvalue weighted by molar-refractivity contribution is -0.147. The number of rotatable bonds is 6. The largest absolute Gasteiger partial charge is 0.467 e. The highest BCUT2D eigenvalue weighted by Crippen LogP contribution is 2.18. The fourth-order valence-corrected chi connectivity index (χ4v) is 1.63. The van der Waals surface area contributed by atoms with Gasteiger partial charge in [-0.05, 0) is 32.9 Å². The van der Waals surface area contributed by atoms with Gasteiger partial charge < -0.3 is 14.8 Å². The van der Waals surface area contributed by atoms with E-state index < -0.39 is 5.54 Å². The van der Waals surface area contributed by atoms with Gasteiger partial charge in [-0.3, -0.25) is 0 Å². The van der Waals surface area contributed by atoms with Gasteiger partial charge in [0.05, 0.1) is 13.7 Å². The molecule has 0 fully saturated rings. The van der Waals surface area contributed by atoms with Gasteiger partial charge in [0, 0.05) is 12.3 Å². The maximum Gasteiger partial charge on any atom is 0.333 e. The molecule has 4 heteroatoms. The van der Waals surface area contributed by atoms with Crippen LogP contribution in [0.5, 0.6) is 0 Å². The molecule has 0 bridgehead atoms. The van der Waals surface area contributed by atoms with Gasteiger partial charge in [0.1, 0.15) is 0 Å². The van der Waals surface area contributed by atoms with E-state index in [0.717, 1.165) is 5.69 Å². The number of nitrogens with one attached hydrogen (secondary N) is 1. The Kier molecular flexibility index (Phi) is 5.16. The van der Waals surface area contributed by atoms with E-state index in [2.05, 4.69) is 5.32 Å². The molecule has 0 saturated heterocycles. The fourth-order valence-electron chi connectivity index (χ4n) is 1.63. The number of methoxy groups -OCH3 is 1. The van der Waals surface area contributed by atoms with Crippen LogP contribution in [0.15, 0.2) is 24.3 Å². The number of benzene rings is 1. The average molecular weight is 251 g/mol. The van der Waals surface area contributed by atoms with E-state index in [1.165, 1.54) is 12.7 Å². The zero-order chi connectivity index (χ0) is 13.6. The summed E-state index contributed by atoms with van der Waals surface area (Å²) in [7, 11) is 1.38. The van der Waals surface area contributed by atoms with E-state index in [-0.39, 0.29) is 12.6 Å². The zero-order valence-electron chi connectivity index (χ0n) is 11.4. The van der Waals surface area contributed by atoms with Crippen LogP contribution in [0.4, 0.5) is 5.69 Å². The molecule has 1 rings (SSSR count). The van der Waals surface area contributed by atoms with Crippen molar-refractivity contribution in [3.8, 4) is 0 Å². The molecular formula is C14H21NO3. The summed E-state index contributed by atoms with van der Waals surface area (Å²) in [6, 6.07) is 7.84. The second-order valence-electron chi connectivity index (χ2n) is 4.45. The summed E-state index contributed by atoms with van der Waals surface area (Å²) in [5, 5.41) is 3.17. The van der Waals surface area contributed by atoms with Crippen LogP contribution in [0.1, 0.15) is 19.4 Å². The molecule has 0 aliphatic heterocycles. The van der Waals surface area contributed by atoms with E-state index >= 15 is 0 Å². The zero-order valence-corrected chi connectivity index (χ0v) is 11.4. The molecule has 1 aromatic carbocycles. The predicted molar refractivity (Wildman–Crippen MR) is 71.7 cm³/mol. The minimum atomic E-state index is -0.875. The summed E-state index contributed by atoms with van der Waals surface area (Å²) in [5.41, 5.74) is 1.17. The SMILES string of the molecule is CCOCC(C)(Nc1ccc(C)cc1)C(=O)OC. The second kappa shape index (κ2) is 6.40. The van der Waals surface area contributed by atoms with Gasteiger partial charge in [-0.2, -0.15) is 0 Å². The number of esters is 1. The first-order valence-electron chi connectivity index (χ1n) is 6.03. The Balaban J connectivity index is 2.83. The van der Waals surface area contributed by atoms with Crippen LogP contribution >= 0.6 is 0 Å². The number of aryl methyl sites for hydroxylation is 1. The van der Waals surface area contributed by atoms with Gasteiger partial charge in [0.2, 0.25) is 0 Å². The number of carbonyl (C=O) groups excluding carboxylic acids is 1. The Morgan fingerprint density at radius 3 is 2.44 bits per heavy atom. The Morgan fingerprint density at radius 2 is 1.94 bits per heavy atom. The van der Waals surface area contributed by atoms with Gasteiger partial charge >= 0.3 is 5.97 Å². The highest BCUT2D eigenvalue weighted by atomic mass is 16.5. The van der Waals surface area contributed by atoms with E-state index in [1.807, 2.05) is 38.1 Å². The van der Waals surface area contributed by atoms with Crippen LogP contribution in [0.2, 0.25) is 0 Å². The summed E-state index contributed by atoms with van der Waals surface area (Å²) in [6.07, 6.45) is 0. The average Bonchev–Trinajstić information content (AvgIpc) is 2.38. The number of hydrogen-bond acceptors (Lipinski definition) is 4. The Labute approximate surface area is 108 Å². The molecule has 1 N–H and O–H groups in total. The van der Waals surface area contributed by atoms with E-state index in [4.69, 9.17) is 9.47 Å². The van der Waals surface area contributed by atoms with Gasteiger partial charge in [-0.25, -0.2) is 4.79 Å². The quantitative estimate of drug-likeness (QED) is 0.789. The van der Waals surface area contributed by atoms with E-state index in [9.17, 15) is 4.79 Å². The maximum absolute atomic E-state index is 11.8. The Hall–Kier alpha value is -1.55. The van der Waals surface area contributed by atoms with Crippen molar-refractivity contribution in [2.45, 2.75) is 26.3 Å². The first kappa shape index (κ1) is 14.5. The summed E-state index contributed by atoms with van der Waals surface area (Å²) in [5.74, 6) is -0.337. The van der Waals surface area contributed by atoms with Crippen molar-refractivity contribution < 1.29 is 14.3 Å². The molecular weight excluding hydrogens is 230 g/mol. The van der Waals surface area contributed by atoms with Crippen LogP contribution in [0.3, 0.4) is 0 Å². The minimum absolute atomic E-state index is 0.268. The number of carbonyl (C=O) groups is 1.